The largest absolute Gasteiger partial charge is 0.493 e. The molecule has 1 N–H and O–H groups in total. The summed E-state index contributed by atoms with van der Waals surface area (Å²) in [5.74, 6) is 2.20. The van der Waals surface area contributed by atoms with E-state index in [0.29, 0.717) is 22.8 Å². The van der Waals surface area contributed by atoms with Gasteiger partial charge in [-0.3, -0.25) is 4.79 Å². The first-order valence-electron chi connectivity index (χ1n) is 8.23. The van der Waals surface area contributed by atoms with Gasteiger partial charge in [-0.25, -0.2) is 0 Å². The van der Waals surface area contributed by atoms with Crippen molar-refractivity contribution in [3.05, 3.63) is 17.7 Å². The van der Waals surface area contributed by atoms with E-state index in [1.807, 2.05) is 0 Å². The number of methoxy groups -OCH3 is 3. The summed E-state index contributed by atoms with van der Waals surface area (Å²) in [4.78, 5) is 12.5. The third-order valence-corrected chi connectivity index (χ3v) is 4.69. The number of amides is 1. The normalized spacial score (nSPS) is 20.7. The van der Waals surface area contributed by atoms with E-state index in [-0.39, 0.29) is 11.9 Å². The maximum absolute atomic E-state index is 12.5. The van der Waals surface area contributed by atoms with Crippen LogP contribution in [0.4, 0.5) is 0 Å². The molecule has 1 amide bonds. The average molecular weight is 321 g/mol. The lowest BCUT2D eigenvalue weighted by Gasteiger charge is -2.28. The highest BCUT2D eigenvalue weighted by Gasteiger charge is 2.23. The monoisotopic (exact) mass is 321 g/mol. The van der Waals surface area contributed by atoms with Crippen LogP contribution in [0.1, 0.15) is 49.4 Å². The van der Waals surface area contributed by atoms with Gasteiger partial charge in [-0.05, 0) is 43.7 Å². The van der Waals surface area contributed by atoms with Gasteiger partial charge in [-0.1, -0.05) is 13.3 Å². The van der Waals surface area contributed by atoms with Gasteiger partial charge in [0.15, 0.2) is 11.5 Å². The highest BCUT2D eigenvalue weighted by molar-refractivity contribution is 5.95. The molecule has 0 saturated heterocycles. The van der Waals surface area contributed by atoms with Gasteiger partial charge in [-0.2, -0.15) is 0 Å². The number of carbonyl (C=O) groups is 1. The maximum atomic E-state index is 12.5. The summed E-state index contributed by atoms with van der Waals surface area (Å²) in [5.41, 5.74) is 0.525. The number of ether oxygens (including phenoxy) is 3. The van der Waals surface area contributed by atoms with Gasteiger partial charge in [0, 0.05) is 11.6 Å². The first kappa shape index (κ1) is 17.4. The van der Waals surface area contributed by atoms with E-state index in [0.717, 1.165) is 18.8 Å². The van der Waals surface area contributed by atoms with Crippen molar-refractivity contribution in [2.45, 2.75) is 45.1 Å². The van der Waals surface area contributed by atoms with Crippen molar-refractivity contribution in [1.82, 2.24) is 5.32 Å². The third-order valence-electron chi connectivity index (χ3n) is 4.69. The molecule has 1 aliphatic rings. The summed E-state index contributed by atoms with van der Waals surface area (Å²) in [6, 6.07) is 3.63. The fraction of sp³-hybridized carbons (Fsp3) is 0.611. The van der Waals surface area contributed by atoms with E-state index in [4.69, 9.17) is 14.2 Å². The fourth-order valence-corrected chi connectivity index (χ4v) is 3.20. The van der Waals surface area contributed by atoms with Crippen LogP contribution in [0.3, 0.4) is 0 Å². The molecule has 1 saturated carbocycles. The van der Waals surface area contributed by atoms with Gasteiger partial charge in [0.2, 0.25) is 5.75 Å². The minimum atomic E-state index is -0.0933. The first-order valence-corrected chi connectivity index (χ1v) is 8.23. The molecule has 2 rings (SSSR count). The first-order chi connectivity index (χ1) is 11.1. The van der Waals surface area contributed by atoms with Crippen molar-refractivity contribution in [2.75, 3.05) is 21.3 Å². The second-order valence-corrected chi connectivity index (χ2v) is 6.01. The molecule has 0 bridgehead atoms. The topological polar surface area (TPSA) is 56.8 Å². The van der Waals surface area contributed by atoms with Crippen LogP contribution in [0.2, 0.25) is 0 Å². The SMILES string of the molecule is CCC1CCC(NC(=O)c2cc(OC)c(OC)c(OC)c2)CC1. The molecule has 1 aliphatic carbocycles. The lowest BCUT2D eigenvalue weighted by atomic mass is 9.84. The fourth-order valence-electron chi connectivity index (χ4n) is 3.20. The molecule has 23 heavy (non-hydrogen) atoms. The highest BCUT2D eigenvalue weighted by atomic mass is 16.5. The third kappa shape index (κ3) is 4.09. The number of nitrogens with one attached hydrogen (secondary N) is 1. The molecule has 1 aromatic rings. The Balaban J connectivity index is 2.10. The minimum Gasteiger partial charge on any atom is -0.493 e. The van der Waals surface area contributed by atoms with E-state index >= 15 is 0 Å². The van der Waals surface area contributed by atoms with Crippen LogP contribution < -0.4 is 19.5 Å². The molecule has 0 heterocycles. The minimum absolute atomic E-state index is 0.0933. The molecule has 0 aliphatic heterocycles. The Bertz CT molecular complexity index is 511. The van der Waals surface area contributed by atoms with Crippen molar-refractivity contribution in [1.29, 1.82) is 0 Å². The maximum Gasteiger partial charge on any atom is 0.251 e. The van der Waals surface area contributed by atoms with Crippen molar-refractivity contribution >= 4 is 5.91 Å². The number of carbonyl (C=O) groups excluding carboxylic acids is 1. The zero-order valence-electron chi connectivity index (χ0n) is 14.5. The van der Waals surface area contributed by atoms with E-state index in [1.54, 1.807) is 33.5 Å². The summed E-state index contributed by atoms with van der Waals surface area (Å²) < 4.78 is 15.9. The lowest BCUT2D eigenvalue weighted by Crippen LogP contribution is -2.37. The standard InChI is InChI=1S/C18H27NO4/c1-5-12-6-8-14(9-7-12)19-18(20)13-10-15(21-2)17(23-4)16(11-13)22-3/h10-12,14H,5-9H2,1-4H3,(H,19,20). The van der Waals surface area contributed by atoms with Gasteiger partial charge >= 0.3 is 0 Å². The van der Waals surface area contributed by atoms with Gasteiger partial charge in [0.25, 0.3) is 5.91 Å². The molecule has 0 atom stereocenters. The van der Waals surface area contributed by atoms with Crippen LogP contribution in [0.5, 0.6) is 17.2 Å². The van der Waals surface area contributed by atoms with E-state index in [2.05, 4.69) is 12.2 Å². The number of hydrogen-bond donors (Lipinski definition) is 1. The summed E-state index contributed by atoms with van der Waals surface area (Å²) in [5, 5.41) is 3.13. The predicted octanol–water partition coefficient (Wildman–Crippen LogP) is 3.41. The van der Waals surface area contributed by atoms with Crippen LogP contribution in [-0.4, -0.2) is 33.3 Å². The van der Waals surface area contributed by atoms with E-state index in [9.17, 15) is 4.79 Å². The Morgan fingerprint density at radius 2 is 1.61 bits per heavy atom. The molecular formula is C18H27NO4. The van der Waals surface area contributed by atoms with Crippen molar-refractivity contribution in [3.63, 3.8) is 0 Å². The average Bonchev–Trinajstić information content (AvgIpc) is 2.60. The molecule has 0 unspecified atom stereocenters. The number of hydrogen-bond acceptors (Lipinski definition) is 4. The lowest BCUT2D eigenvalue weighted by molar-refractivity contribution is 0.0921. The van der Waals surface area contributed by atoms with Gasteiger partial charge in [0.1, 0.15) is 0 Å². The summed E-state index contributed by atoms with van der Waals surface area (Å²) in [7, 11) is 4.64. The van der Waals surface area contributed by atoms with Crippen LogP contribution in [0, 0.1) is 5.92 Å². The van der Waals surface area contributed by atoms with Gasteiger partial charge in [0.05, 0.1) is 21.3 Å². The Morgan fingerprint density at radius 3 is 2.04 bits per heavy atom. The van der Waals surface area contributed by atoms with Crippen LogP contribution >= 0.6 is 0 Å². The Hall–Kier alpha value is -1.91. The second kappa shape index (κ2) is 8.09. The van der Waals surface area contributed by atoms with E-state index < -0.39 is 0 Å². The number of benzene rings is 1. The molecule has 0 radical (unpaired) electrons. The molecule has 1 aromatic carbocycles. The Kier molecular flexibility index (Phi) is 6.13. The molecule has 0 aromatic heterocycles. The summed E-state index contributed by atoms with van der Waals surface area (Å²) >= 11 is 0. The smallest absolute Gasteiger partial charge is 0.251 e. The Morgan fingerprint density at radius 1 is 1.04 bits per heavy atom. The quantitative estimate of drug-likeness (QED) is 0.872. The molecular weight excluding hydrogens is 294 g/mol. The second-order valence-electron chi connectivity index (χ2n) is 6.01. The molecule has 0 spiro atoms. The number of rotatable bonds is 6. The molecule has 5 nitrogen and oxygen atoms in total. The van der Waals surface area contributed by atoms with Crippen LogP contribution in [0.15, 0.2) is 12.1 Å². The van der Waals surface area contributed by atoms with Crippen LogP contribution in [0.25, 0.3) is 0 Å². The zero-order chi connectivity index (χ0) is 16.8. The van der Waals surface area contributed by atoms with E-state index in [1.165, 1.54) is 19.3 Å². The molecule has 128 valence electrons. The zero-order valence-corrected chi connectivity index (χ0v) is 14.5. The molecule has 5 heteroatoms. The highest BCUT2D eigenvalue weighted by Crippen LogP contribution is 2.38. The van der Waals surface area contributed by atoms with Gasteiger partial charge in [-0.15, -0.1) is 0 Å². The summed E-state index contributed by atoms with van der Waals surface area (Å²) in [6.07, 6.45) is 5.71. The van der Waals surface area contributed by atoms with Crippen molar-refractivity contribution in [3.8, 4) is 17.2 Å². The predicted molar refractivity (Wildman–Crippen MR) is 89.6 cm³/mol. The van der Waals surface area contributed by atoms with Crippen molar-refractivity contribution < 1.29 is 19.0 Å². The van der Waals surface area contributed by atoms with Crippen molar-refractivity contribution in [2.24, 2.45) is 5.92 Å². The summed E-state index contributed by atoms with van der Waals surface area (Å²) in [6.45, 7) is 2.24. The van der Waals surface area contributed by atoms with Crippen LogP contribution in [-0.2, 0) is 0 Å². The Labute approximate surface area is 138 Å². The van der Waals surface area contributed by atoms with Gasteiger partial charge < -0.3 is 19.5 Å². The molecule has 1 fully saturated rings.